The van der Waals surface area contributed by atoms with Crippen LogP contribution >= 0.6 is 11.3 Å². The molecule has 0 aromatic carbocycles. The molecule has 2 bridgehead atoms. The molecule has 3 rings (SSSR count). The number of nitrogens with one attached hydrogen (secondary N) is 2. The molecule has 0 saturated carbocycles. The molecule has 2 aliphatic heterocycles. The van der Waals surface area contributed by atoms with Crippen molar-refractivity contribution in [3.05, 3.63) is 16.1 Å². The molecule has 2 unspecified atom stereocenters. The maximum absolute atomic E-state index is 12.0. The van der Waals surface area contributed by atoms with E-state index in [4.69, 9.17) is 0 Å². The lowest BCUT2D eigenvalue weighted by atomic mass is 9.89. The van der Waals surface area contributed by atoms with E-state index < -0.39 is 0 Å². The lowest BCUT2D eigenvalue weighted by Crippen LogP contribution is -2.39. The number of nitrogens with zero attached hydrogens (tertiary/aromatic N) is 1. The topological polar surface area (TPSA) is 54.0 Å². The summed E-state index contributed by atoms with van der Waals surface area (Å²) in [5.41, 5.74) is 1.12. The summed E-state index contributed by atoms with van der Waals surface area (Å²) >= 11 is 1.74. The van der Waals surface area contributed by atoms with Gasteiger partial charge in [0.25, 0.3) is 0 Å². The first kappa shape index (κ1) is 15.9. The van der Waals surface area contributed by atoms with Crippen LogP contribution < -0.4 is 10.6 Å². The van der Waals surface area contributed by atoms with Crippen molar-refractivity contribution in [2.24, 2.45) is 5.92 Å². The summed E-state index contributed by atoms with van der Waals surface area (Å²) in [5, 5.41) is 10.0. The van der Waals surface area contributed by atoms with E-state index in [0.717, 1.165) is 37.9 Å². The van der Waals surface area contributed by atoms with Gasteiger partial charge >= 0.3 is 0 Å². The molecule has 5 heteroatoms. The molecule has 4 nitrogen and oxygen atoms in total. The lowest BCUT2D eigenvalue weighted by molar-refractivity contribution is -0.122. The summed E-state index contributed by atoms with van der Waals surface area (Å²) in [4.78, 5) is 16.5. The van der Waals surface area contributed by atoms with Gasteiger partial charge in [-0.25, -0.2) is 4.98 Å². The average molecular weight is 321 g/mol. The largest absolute Gasteiger partial charge is 0.356 e. The summed E-state index contributed by atoms with van der Waals surface area (Å²) in [6, 6.07) is 1.36. The van der Waals surface area contributed by atoms with Crippen LogP contribution in [0.5, 0.6) is 0 Å². The normalized spacial score (nSPS) is 27.0. The number of unbranched alkanes of at least 4 members (excludes halogenated alkanes) is 1. The zero-order chi connectivity index (χ0) is 15.4. The molecule has 3 heterocycles. The second kappa shape index (κ2) is 7.55. The highest BCUT2D eigenvalue weighted by Gasteiger charge is 2.33. The Hall–Kier alpha value is -0.940. The molecule has 2 fully saturated rings. The Morgan fingerprint density at radius 1 is 1.36 bits per heavy atom. The van der Waals surface area contributed by atoms with Crippen molar-refractivity contribution in [3.63, 3.8) is 0 Å². The highest BCUT2D eigenvalue weighted by atomic mass is 32.1. The minimum atomic E-state index is 0.247. The van der Waals surface area contributed by atoms with Crippen molar-refractivity contribution in [1.29, 1.82) is 0 Å². The molecule has 1 amide bonds. The quantitative estimate of drug-likeness (QED) is 0.759. The third-order valence-corrected chi connectivity index (χ3v) is 5.88. The highest BCUT2D eigenvalue weighted by molar-refractivity contribution is 7.09. The van der Waals surface area contributed by atoms with E-state index in [1.54, 1.807) is 11.3 Å². The molecule has 0 spiro atoms. The number of amides is 1. The van der Waals surface area contributed by atoms with Crippen LogP contribution in [-0.2, 0) is 11.2 Å². The Morgan fingerprint density at radius 2 is 2.14 bits per heavy atom. The second-order valence-electron chi connectivity index (χ2n) is 6.87. The summed E-state index contributed by atoms with van der Waals surface area (Å²) in [5.74, 6) is 0.841. The van der Waals surface area contributed by atoms with Gasteiger partial charge in [-0.05, 0) is 57.8 Å². The number of carbonyl (C=O) groups is 1. The van der Waals surface area contributed by atoms with Gasteiger partial charge in [-0.1, -0.05) is 0 Å². The number of aryl methyl sites for hydroxylation is 2. The molecule has 0 radical (unpaired) electrons. The maximum atomic E-state index is 12.0. The molecule has 2 aliphatic rings. The van der Waals surface area contributed by atoms with Crippen LogP contribution in [0.3, 0.4) is 0 Å². The average Bonchev–Trinajstić information content (AvgIpc) is 3.04. The zero-order valence-corrected chi connectivity index (χ0v) is 14.3. The molecule has 0 aliphatic carbocycles. The number of thiazole rings is 1. The fourth-order valence-electron chi connectivity index (χ4n) is 3.82. The zero-order valence-electron chi connectivity index (χ0n) is 13.4. The summed E-state index contributed by atoms with van der Waals surface area (Å²) in [7, 11) is 0. The first-order chi connectivity index (χ1) is 10.7. The van der Waals surface area contributed by atoms with Crippen LogP contribution in [0.25, 0.3) is 0 Å². The van der Waals surface area contributed by atoms with Crippen molar-refractivity contribution in [2.75, 3.05) is 6.54 Å². The van der Waals surface area contributed by atoms with E-state index in [9.17, 15) is 4.79 Å². The molecule has 1 aromatic rings. The van der Waals surface area contributed by atoms with Crippen LogP contribution in [0.15, 0.2) is 5.38 Å². The molecule has 2 N–H and O–H groups in total. The molecular formula is C17H27N3OS. The first-order valence-corrected chi connectivity index (χ1v) is 9.51. The fourth-order valence-corrected chi connectivity index (χ4v) is 4.64. The van der Waals surface area contributed by atoms with Gasteiger partial charge in [-0.15, -0.1) is 11.3 Å². The lowest BCUT2D eigenvalue weighted by Gasteiger charge is -2.28. The summed E-state index contributed by atoms with van der Waals surface area (Å²) < 4.78 is 0. The van der Waals surface area contributed by atoms with Crippen LogP contribution in [0.4, 0.5) is 0 Å². The Labute approximate surface area is 137 Å². The Morgan fingerprint density at radius 3 is 2.82 bits per heavy atom. The van der Waals surface area contributed by atoms with E-state index in [-0.39, 0.29) is 5.91 Å². The Balaban J connectivity index is 1.26. The van der Waals surface area contributed by atoms with Gasteiger partial charge in [-0.3, -0.25) is 4.79 Å². The molecule has 2 atom stereocenters. The van der Waals surface area contributed by atoms with E-state index in [0.29, 0.717) is 18.0 Å². The molecular weight excluding hydrogens is 294 g/mol. The third-order valence-electron chi connectivity index (χ3n) is 4.85. The first-order valence-electron chi connectivity index (χ1n) is 8.63. The smallest absolute Gasteiger partial charge is 0.220 e. The third kappa shape index (κ3) is 4.53. The number of aromatic nitrogens is 1. The number of hydrogen-bond donors (Lipinski definition) is 2. The van der Waals surface area contributed by atoms with Gasteiger partial charge < -0.3 is 10.6 Å². The summed E-state index contributed by atoms with van der Waals surface area (Å²) in [6.45, 7) is 2.84. The predicted molar refractivity (Wildman–Crippen MR) is 90.1 cm³/mol. The van der Waals surface area contributed by atoms with Gasteiger partial charge in [0.1, 0.15) is 0 Å². The summed E-state index contributed by atoms with van der Waals surface area (Å²) in [6.07, 6.45) is 8.89. The maximum Gasteiger partial charge on any atom is 0.220 e. The molecule has 122 valence electrons. The number of hydrogen-bond acceptors (Lipinski definition) is 4. The molecule has 2 saturated heterocycles. The van der Waals surface area contributed by atoms with Crippen LogP contribution in [0.1, 0.15) is 55.6 Å². The van der Waals surface area contributed by atoms with E-state index in [1.165, 1.54) is 30.7 Å². The van der Waals surface area contributed by atoms with Gasteiger partial charge in [-0.2, -0.15) is 0 Å². The Bertz CT molecular complexity index is 490. The van der Waals surface area contributed by atoms with Crippen molar-refractivity contribution in [1.82, 2.24) is 15.6 Å². The van der Waals surface area contributed by atoms with Gasteiger partial charge in [0.15, 0.2) is 0 Å². The van der Waals surface area contributed by atoms with E-state index in [1.807, 2.05) is 6.92 Å². The standard InChI is InChI=1S/C17H27N3OS/c1-12-11-22-17(19-12)4-2-3-7-18-16(21)10-13-8-14-5-6-15(9-13)20-14/h11,13-15,20H,2-10H2,1H3,(H,18,21). The van der Waals surface area contributed by atoms with Crippen molar-refractivity contribution in [2.45, 2.75) is 70.4 Å². The van der Waals surface area contributed by atoms with Crippen LogP contribution in [0, 0.1) is 12.8 Å². The molecule has 1 aromatic heterocycles. The van der Waals surface area contributed by atoms with E-state index >= 15 is 0 Å². The van der Waals surface area contributed by atoms with Gasteiger partial charge in [0.2, 0.25) is 5.91 Å². The fraction of sp³-hybridized carbons (Fsp3) is 0.765. The van der Waals surface area contributed by atoms with Crippen LogP contribution in [-0.4, -0.2) is 29.5 Å². The van der Waals surface area contributed by atoms with Gasteiger partial charge in [0, 0.05) is 36.1 Å². The van der Waals surface area contributed by atoms with Gasteiger partial charge in [0.05, 0.1) is 5.01 Å². The molecule has 22 heavy (non-hydrogen) atoms. The van der Waals surface area contributed by atoms with Crippen LogP contribution in [0.2, 0.25) is 0 Å². The predicted octanol–water partition coefficient (Wildman–Crippen LogP) is 2.81. The minimum Gasteiger partial charge on any atom is -0.356 e. The number of carbonyl (C=O) groups excluding carboxylic acids is 1. The minimum absolute atomic E-state index is 0.247. The van der Waals surface area contributed by atoms with Crippen molar-refractivity contribution >= 4 is 17.2 Å². The number of piperidine rings is 1. The van der Waals surface area contributed by atoms with E-state index in [2.05, 4.69) is 21.0 Å². The number of rotatable bonds is 7. The highest BCUT2D eigenvalue weighted by Crippen LogP contribution is 2.32. The second-order valence-corrected chi connectivity index (χ2v) is 7.81. The monoisotopic (exact) mass is 321 g/mol. The number of fused-ring (bicyclic) bond motifs is 2. The Kier molecular flexibility index (Phi) is 5.47. The SMILES string of the molecule is Cc1csc(CCCCNC(=O)CC2CC3CCC(C2)N3)n1. The van der Waals surface area contributed by atoms with Crippen molar-refractivity contribution in [3.8, 4) is 0 Å². The van der Waals surface area contributed by atoms with Crippen molar-refractivity contribution < 1.29 is 4.79 Å².